The maximum Gasteiger partial charge on any atom is 0.279 e. The Morgan fingerprint density at radius 1 is 1.22 bits per heavy atom. The van der Waals surface area contributed by atoms with Gasteiger partial charge >= 0.3 is 0 Å². The van der Waals surface area contributed by atoms with Crippen molar-refractivity contribution in [3.8, 4) is 0 Å². The predicted molar refractivity (Wildman–Crippen MR) is 60.7 cm³/mol. The Morgan fingerprint density at radius 3 is 2.56 bits per heavy atom. The summed E-state index contributed by atoms with van der Waals surface area (Å²) in [5, 5.41) is 6.07. The molecular formula is C11H14F2N3O2+. The Labute approximate surface area is 103 Å². The first-order chi connectivity index (χ1) is 8.52. The van der Waals surface area contributed by atoms with Crippen LogP contribution in [0.2, 0.25) is 0 Å². The fraction of sp³-hybridized carbons (Fsp3) is 0.273. The molecule has 1 aromatic carbocycles. The van der Waals surface area contributed by atoms with E-state index < -0.39 is 17.5 Å². The maximum atomic E-state index is 13.2. The lowest BCUT2D eigenvalue weighted by Gasteiger charge is -2.05. The summed E-state index contributed by atoms with van der Waals surface area (Å²) in [5.74, 6) is -2.08. The van der Waals surface area contributed by atoms with Gasteiger partial charge in [-0.1, -0.05) is 0 Å². The van der Waals surface area contributed by atoms with Crippen molar-refractivity contribution in [2.75, 3.05) is 25.5 Å². The van der Waals surface area contributed by atoms with Gasteiger partial charge in [-0.05, 0) is 12.1 Å². The molecule has 0 spiro atoms. The van der Waals surface area contributed by atoms with Gasteiger partial charge in [0.1, 0.15) is 11.6 Å². The van der Waals surface area contributed by atoms with Crippen molar-refractivity contribution >= 4 is 17.5 Å². The number of nitrogens with one attached hydrogen (secondary N) is 2. The van der Waals surface area contributed by atoms with Crippen molar-refractivity contribution in [2.24, 2.45) is 0 Å². The first-order valence-corrected chi connectivity index (χ1v) is 5.30. The summed E-state index contributed by atoms with van der Waals surface area (Å²) in [6, 6.07) is 2.79. The molecule has 98 valence electrons. The topological polar surface area (TPSA) is 74.8 Å². The zero-order chi connectivity index (χ0) is 13.5. The minimum absolute atomic E-state index is 0.0522. The molecule has 0 unspecified atom stereocenters. The standard InChI is InChI=1S/C11H13F2N3O2/c1-14-10(17)5-15-6-11(18)16-9-4-7(12)2-3-8(9)13/h2-4,15H,5-6H2,1H3,(H,14,17)(H,16,18)/p+1. The van der Waals surface area contributed by atoms with Gasteiger partial charge in [-0.2, -0.15) is 0 Å². The average Bonchev–Trinajstić information content (AvgIpc) is 2.33. The van der Waals surface area contributed by atoms with Crippen LogP contribution in [0.25, 0.3) is 0 Å². The van der Waals surface area contributed by atoms with Gasteiger partial charge in [-0.15, -0.1) is 0 Å². The summed E-state index contributed by atoms with van der Waals surface area (Å²) < 4.78 is 26.0. The molecule has 1 aromatic rings. The van der Waals surface area contributed by atoms with E-state index in [-0.39, 0.29) is 24.7 Å². The largest absolute Gasteiger partial charge is 0.354 e. The summed E-state index contributed by atoms with van der Waals surface area (Å²) in [6.07, 6.45) is 0. The summed E-state index contributed by atoms with van der Waals surface area (Å²) in [5.41, 5.74) is -0.214. The zero-order valence-corrected chi connectivity index (χ0v) is 9.80. The molecule has 2 amide bonds. The molecule has 0 saturated carbocycles. The van der Waals surface area contributed by atoms with E-state index in [0.717, 1.165) is 18.2 Å². The highest BCUT2D eigenvalue weighted by atomic mass is 19.1. The molecule has 0 radical (unpaired) electrons. The Kier molecular flexibility index (Phi) is 5.19. The van der Waals surface area contributed by atoms with Crippen LogP contribution < -0.4 is 16.0 Å². The SMILES string of the molecule is CNC(=O)C[NH2+]CC(=O)Nc1cc(F)ccc1F. The number of amides is 2. The van der Waals surface area contributed by atoms with Crippen LogP contribution in [0, 0.1) is 11.6 Å². The first-order valence-electron chi connectivity index (χ1n) is 5.30. The number of hydrogen-bond donors (Lipinski definition) is 3. The minimum Gasteiger partial charge on any atom is -0.354 e. The molecule has 0 fully saturated rings. The second-order valence-electron chi connectivity index (χ2n) is 3.54. The molecule has 0 aromatic heterocycles. The number of rotatable bonds is 5. The average molecular weight is 258 g/mol. The number of nitrogens with two attached hydrogens (primary N) is 1. The highest BCUT2D eigenvalue weighted by Gasteiger charge is 2.10. The molecule has 0 atom stereocenters. The number of quaternary nitrogens is 1. The Hall–Kier alpha value is -2.02. The lowest BCUT2D eigenvalue weighted by molar-refractivity contribution is -0.632. The van der Waals surface area contributed by atoms with Gasteiger partial charge in [0, 0.05) is 13.1 Å². The van der Waals surface area contributed by atoms with E-state index in [9.17, 15) is 18.4 Å². The van der Waals surface area contributed by atoms with Crippen LogP contribution in [0.15, 0.2) is 18.2 Å². The van der Waals surface area contributed by atoms with E-state index in [1.165, 1.54) is 12.4 Å². The molecule has 7 heteroatoms. The summed E-state index contributed by atoms with van der Waals surface area (Å²) in [4.78, 5) is 22.2. The van der Waals surface area contributed by atoms with Crippen LogP contribution in [-0.2, 0) is 9.59 Å². The van der Waals surface area contributed by atoms with Crippen LogP contribution in [0.4, 0.5) is 14.5 Å². The lowest BCUT2D eigenvalue weighted by Crippen LogP contribution is -2.88. The van der Waals surface area contributed by atoms with E-state index >= 15 is 0 Å². The number of likely N-dealkylation sites (N-methyl/N-ethyl adjacent to an activating group) is 1. The van der Waals surface area contributed by atoms with Gasteiger partial charge in [0.25, 0.3) is 11.8 Å². The summed E-state index contributed by atoms with van der Waals surface area (Å²) in [6.45, 7) is 0.0406. The van der Waals surface area contributed by atoms with Crippen molar-refractivity contribution in [2.45, 2.75) is 0 Å². The van der Waals surface area contributed by atoms with E-state index in [0.29, 0.717) is 0 Å². The number of hydrogen-bond acceptors (Lipinski definition) is 2. The van der Waals surface area contributed by atoms with Crippen LogP contribution in [0.1, 0.15) is 0 Å². The second kappa shape index (κ2) is 6.65. The molecule has 0 heterocycles. The van der Waals surface area contributed by atoms with Crippen molar-refractivity contribution in [3.63, 3.8) is 0 Å². The smallest absolute Gasteiger partial charge is 0.279 e. The molecular weight excluding hydrogens is 244 g/mol. The number of benzene rings is 1. The van der Waals surface area contributed by atoms with Gasteiger partial charge in [0.05, 0.1) is 5.69 Å². The molecule has 0 aliphatic carbocycles. The van der Waals surface area contributed by atoms with Gasteiger partial charge in [0.2, 0.25) is 0 Å². The van der Waals surface area contributed by atoms with Crippen molar-refractivity contribution in [1.82, 2.24) is 5.32 Å². The van der Waals surface area contributed by atoms with Crippen molar-refractivity contribution in [1.29, 1.82) is 0 Å². The van der Waals surface area contributed by atoms with Crippen molar-refractivity contribution in [3.05, 3.63) is 29.8 Å². The quantitative estimate of drug-likeness (QED) is 0.647. The van der Waals surface area contributed by atoms with Crippen LogP contribution in [0.5, 0.6) is 0 Å². The Balaban J connectivity index is 2.44. The first kappa shape index (κ1) is 14.0. The fourth-order valence-corrected chi connectivity index (χ4v) is 1.23. The maximum absolute atomic E-state index is 13.2. The molecule has 0 aliphatic rings. The Bertz CT molecular complexity index is 452. The van der Waals surface area contributed by atoms with Gasteiger partial charge < -0.3 is 16.0 Å². The van der Waals surface area contributed by atoms with Gasteiger partial charge in [-0.25, -0.2) is 8.78 Å². The van der Waals surface area contributed by atoms with Gasteiger partial charge in [0.15, 0.2) is 13.1 Å². The van der Waals surface area contributed by atoms with Crippen molar-refractivity contribution < 1.29 is 23.7 Å². The minimum atomic E-state index is -0.712. The summed E-state index contributed by atoms with van der Waals surface area (Å²) in [7, 11) is 1.48. The third-order valence-corrected chi connectivity index (χ3v) is 2.14. The van der Waals surface area contributed by atoms with Gasteiger partial charge in [-0.3, -0.25) is 9.59 Å². The predicted octanol–water partition coefficient (Wildman–Crippen LogP) is -0.787. The lowest BCUT2D eigenvalue weighted by atomic mass is 10.3. The van der Waals surface area contributed by atoms with E-state index in [1.807, 2.05) is 0 Å². The number of halogens is 2. The summed E-state index contributed by atoms with van der Waals surface area (Å²) >= 11 is 0. The monoisotopic (exact) mass is 258 g/mol. The molecule has 18 heavy (non-hydrogen) atoms. The third-order valence-electron chi connectivity index (χ3n) is 2.14. The number of anilines is 1. The number of carbonyl (C=O) groups is 2. The Morgan fingerprint density at radius 2 is 1.89 bits per heavy atom. The van der Waals surface area contributed by atoms with E-state index in [1.54, 1.807) is 0 Å². The van der Waals surface area contributed by atoms with Crippen LogP contribution in [-0.4, -0.2) is 32.0 Å². The highest BCUT2D eigenvalue weighted by molar-refractivity contribution is 5.91. The van der Waals surface area contributed by atoms with E-state index in [4.69, 9.17) is 0 Å². The molecule has 4 N–H and O–H groups in total. The second-order valence-corrected chi connectivity index (χ2v) is 3.54. The molecule has 0 saturated heterocycles. The molecule has 0 aliphatic heterocycles. The van der Waals surface area contributed by atoms with E-state index in [2.05, 4.69) is 10.6 Å². The molecule has 1 rings (SSSR count). The number of carbonyl (C=O) groups excluding carboxylic acids is 2. The van der Waals surface area contributed by atoms with Crippen LogP contribution in [0.3, 0.4) is 0 Å². The van der Waals surface area contributed by atoms with Crippen LogP contribution >= 0.6 is 0 Å². The zero-order valence-electron chi connectivity index (χ0n) is 9.80. The molecule has 5 nitrogen and oxygen atoms in total. The normalized spacial score (nSPS) is 9.94. The molecule has 0 bridgehead atoms. The third kappa shape index (κ3) is 4.46. The fourth-order valence-electron chi connectivity index (χ4n) is 1.23. The highest BCUT2D eigenvalue weighted by Crippen LogP contribution is 2.14.